The minimum absolute atomic E-state index is 0.627. The molecule has 0 bridgehead atoms. The van der Waals surface area contributed by atoms with E-state index >= 15 is 0 Å². The largest absolute Gasteiger partial charge is 0.310 e. The van der Waals surface area contributed by atoms with Crippen molar-refractivity contribution in [1.29, 1.82) is 5.26 Å². The van der Waals surface area contributed by atoms with Crippen LogP contribution in [0.2, 0.25) is 0 Å². The first-order valence-electron chi connectivity index (χ1n) is 6.60. The number of hydrogen-bond donors (Lipinski definition) is 2. The molecule has 0 unspecified atom stereocenters. The first kappa shape index (κ1) is 12.5. The molecule has 2 aromatic heterocycles. The minimum Gasteiger partial charge on any atom is -0.310 e. The SMILES string of the molecule is CCCc1cc(NN)n2c(nc3ccccc32)c1C#N. The molecule has 5 heteroatoms. The first-order chi connectivity index (χ1) is 9.80. The Morgan fingerprint density at radius 1 is 1.40 bits per heavy atom. The molecule has 5 nitrogen and oxygen atoms in total. The zero-order chi connectivity index (χ0) is 14.1. The number of pyridine rings is 1. The van der Waals surface area contributed by atoms with Gasteiger partial charge in [0.25, 0.3) is 0 Å². The quantitative estimate of drug-likeness (QED) is 0.563. The molecular formula is C15H15N5. The predicted octanol–water partition coefficient (Wildman–Crippen LogP) is 2.60. The molecule has 0 aliphatic rings. The average molecular weight is 265 g/mol. The van der Waals surface area contributed by atoms with Gasteiger partial charge in [-0.15, -0.1) is 0 Å². The van der Waals surface area contributed by atoms with Gasteiger partial charge < -0.3 is 5.43 Å². The lowest BCUT2D eigenvalue weighted by atomic mass is 10.1. The number of para-hydroxylation sites is 2. The van der Waals surface area contributed by atoms with Crippen LogP contribution in [-0.4, -0.2) is 9.38 Å². The summed E-state index contributed by atoms with van der Waals surface area (Å²) in [5, 5.41) is 9.48. The van der Waals surface area contributed by atoms with Crippen LogP contribution in [0.1, 0.15) is 24.5 Å². The molecule has 3 aromatic rings. The van der Waals surface area contributed by atoms with Crippen molar-refractivity contribution >= 4 is 22.5 Å². The Hall–Kier alpha value is -2.58. The summed E-state index contributed by atoms with van der Waals surface area (Å²) in [5.74, 6) is 6.39. The molecule has 0 fully saturated rings. The summed E-state index contributed by atoms with van der Waals surface area (Å²) < 4.78 is 1.90. The summed E-state index contributed by atoms with van der Waals surface area (Å²) in [6.07, 6.45) is 1.80. The standard InChI is InChI=1S/C15H15N5/c1-2-5-10-8-14(19-17)20-13-7-4-3-6-12(13)18-15(20)11(10)9-16/h3-4,6-8,19H,2,5,17H2,1H3. The number of benzene rings is 1. The number of nitrogens with zero attached hydrogens (tertiary/aromatic N) is 3. The van der Waals surface area contributed by atoms with Crippen LogP contribution in [0, 0.1) is 11.3 Å². The Bertz CT molecular complexity index is 825. The summed E-state index contributed by atoms with van der Waals surface area (Å²) in [6.45, 7) is 2.09. The Balaban J connectivity index is 2.49. The molecule has 2 heterocycles. The van der Waals surface area contributed by atoms with Crippen LogP contribution in [-0.2, 0) is 6.42 Å². The van der Waals surface area contributed by atoms with E-state index in [1.165, 1.54) is 0 Å². The fourth-order valence-electron chi connectivity index (χ4n) is 2.58. The van der Waals surface area contributed by atoms with Crippen LogP contribution < -0.4 is 11.3 Å². The normalized spacial score (nSPS) is 10.8. The maximum absolute atomic E-state index is 9.48. The molecule has 0 amide bonds. The smallest absolute Gasteiger partial charge is 0.157 e. The van der Waals surface area contributed by atoms with Gasteiger partial charge in [-0.3, -0.25) is 4.40 Å². The number of fused-ring (bicyclic) bond motifs is 3. The van der Waals surface area contributed by atoms with Gasteiger partial charge in [-0.2, -0.15) is 5.26 Å². The number of nitrogen functional groups attached to an aromatic ring is 1. The van der Waals surface area contributed by atoms with E-state index < -0.39 is 0 Å². The molecule has 0 saturated heterocycles. The second kappa shape index (κ2) is 4.83. The van der Waals surface area contributed by atoms with Crippen molar-refractivity contribution in [3.8, 4) is 6.07 Å². The molecule has 100 valence electrons. The van der Waals surface area contributed by atoms with Crippen LogP contribution in [0.4, 0.5) is 5.82 Å². The van der Waals surface area contributed by atoms with E-state index in [-0.39, 0.29) is 0 Å². The Morgan fingerprint density at radius 2 is 2.20 bits per heavy atom. The number of nitrogens with two attached hydrogens (primary N) is 1. The fraction of sp³-hybridized carbons (Fsp3) is 0.200. The maximum atomic E-state index is 9.48. The predicted molar refractivity (Wildman–Crippen MR) is 79.2 cm³/mol. The molecule has 0 aliphatic heterocycles. The number of nitrogens with one attached hydrogen (secondary N) is 1. The van der Waals surface area contributed by atoms with E-state index in [1.54, 1.807) is 0 Å². The van der Waals surface area contributed by atoms with Crippen LogP contribution in [0.3, 0.4) is 0 Å². The number of hydrogen-bond acceptors (Lipinski definition) is 4. The van der Waals surface area contributed by atoms with Gasteiger partial charge >= 0.3 is 0 Å². The molecule has 20 heavy (non-hydrogen) atoms. The van der Waals surface area contributed by atoms with E-state index in [2.05, 4.69) is 23.4 Å². The van der Waals surface area contributed by atoms with Crippen molar-refractivity contribution in [1.82, 2.24) is 9.38 Å². The van der Waals surface area contributed by atoms with E-state index in [0.29, 0.717) is 11.2 Å². The number of aryl methyl sites for hydroxylation is 1. The van der Waals surface area contributed by atoms with Gasteiger partial charge in [-0.1, -0.05) is 25.5 Å². The average Bonchev–Trinajstić information content (AvgIpc) is 2.86. The molecule has 3 N–H and O–H groups in total. The number of rotatable bonds is 3. The molecule has 0 atom stereocenters. The minimum atomic E-state index is 0.627. The number of nitriles is 1. The van der Waals surface area contributed by atoms with E-state index in [4.69, 9.17) is 5.84 Å². The molecule has 0 aliphatic carbocycles. The lowest BCUT2D eigenvalue weighted by Crippen LogP contribution is -2.12. The van der Waals surface area contributed by atoms with E-state index in [0.717, 1.165) is 35.3 Å². The topological polar surface area (TPSA) is 79.1 Å². The van der Waals surface area contributed by atoms with Crippen molar-refractivity contribution < 1.29 is 0 Å². The van der Waals surface area contributed by atoms with Crippen molar-refractivity contribution in [2.75, 3.05) is 5.43 Å². The van der Waals surface area contributed by atoms with Gasteiger partial charge in [0.05, 0.1) is 16.6 Å². The second-order valence-corrected chi connectivity index (χ2v) is 4.70. The zero-order valence-electron chi connectivity index (χ0n) is 11.2. The highest BCUT2D eigenvalue weighted by Crippen LogP contribution is 2.27. The van der Waals surface area contributed by atoms with Crippen molar-refractivity contribution in [3.05, 3.63) is 41.5 Å². The highest BCUT2D eigenvalue weighted by atomic mass is 15.3. The summed E-state index contributed by atoms with van der Waals surface area (Å²) in [5.41, 5.74) is 6.77. The number of anilines is 1. The Kier molecular flexibility index (Phi) is 3.01. The molecular weight excluding hydrogens is 250 g/mol. The molecule has 3 rings (SSSR count). The van der Waals surface area contributed by atoms with Crippen molar-refractivity contribution in [2.24, 2.45) is 5.84 Å². The maximum Gasteiger partial charge on any atom is 0.157 e. The Morgan fingerprint density at radius 3 is 2.90 bits per heavy atom. The summed E-state index contributed by atoms with van der Waals surface area (Å²) in [4.78, 5) is 4.58. The first-order valence-corrected chi connectivity index (χ1v) is 6.60. The van der Waals surface area contributed by atoms with Gasteiger partial charge in [0.2, 0.25) is 0 Å². The summed E-state index contributed by atoms with van der Waals surface area (Å²) in [7, 11) is 0. The zero-order valence-corrected chi connectivity index (χ0v) is 11.2. The second-order valence-electron chi connectivity index (χ2n) is 4.70. The third-order valence-corrected chi connectivity index (χ3v) is 3.44. The van der Waals surface area contributed by atoms with Crippen LogP contribution >= 0.6 is 0 Å². The lowest BCUT2D eigenvalue weighted by Gasteiger charge is -2.10. The summed E-state index contributed by atoms with van der Waals surface area (Å²) >= 11 is 0. The highest BCUT2D eigenvalue weighted by molar-refractivity contribution is 5.85. The van der Waals surface area contributed by atoms with Gasteiger partial charge in [-0.05, 0) is 30.2 Å². The van der Waals surface area contributed by atoms with Crippen LogP contribution in [0.5, 0.6) is 0 Å². The fourth-order valence-corrected chi connectivity index (χ4v) is 2.58. The summed E-state index contributed by atoms with van der Waals surface area (Å²) in [6, 6.07) is 12.0. The third kappa shape index (κ3) is 1.70. The van der Waals surface area contributed by atoms with Gasteiger partial charge in [0, 0.05) is 0 Å². The van der Waals surface area contributed by atoms with Gasteiger partial charge in [0.15, 0.2) is 5.65 Å². The number of hydrazine groups is 1. The van der Waals surface area contributed by atoms with Gasteiger partial charge in [0.1, 0.15) is 11.9 Å². The number of imidazole rings is 1. The number of aromatic nitrogens is 2. The van der Waals surface area contributed by atoms with Gasteiger partial charge in [-0.25, -0.2) is 10.8 Å². The van der Waals surface area contributed by atoms with Crippen LogP contribution in [0.15, 0.2) is 30.3 Å². The van der Waals surface area contributed by atoms with E-state index in [1.807, 2.05) is 34.7 Å². The van der Waals surface area contributed by atoms with E-state index in [9.17, 15) is 5.26 Å². The Labute approximate surface area is 116 Å². The van der Waals surface area contributed by atoms with Crippen molar-refractivity contribution in [3.63, 3.8) is 0 Å². The molecule has 0 spiro atoms. The third-order valence-electron chi connectivity index (χ3n) is 3.44. The monoisotopic (exact) mass is 265 g/mol. The lowest BCUT2D eigenvalue weighted by molar-refractivity contribution is 0.914. The highest BCUT2D eigenvalue weighted by Gasteiger charge is 2.15. The molecule has 0 radical (unpaired) electrons. The molecule has 0 saturated carbocycles. The van der Waals surface area contributed by atoms with Crippen molar-refractivity contribution in [2.45, 2.75) is 19.8 Å². The van der Waals surface area contributed by atoms with Crippen LogP contribution in [0.25, 0.3) is 16.7 Å². The molecule has 1 aromatic carbocycles.